The van der Waals surface area contributed by atoms with Gasteiger partial charge in [-0.05, 0) is 36.2 Å². The van der Waals surface area contributed by atoms with Crippen LogP contribution in [0.3, 0.4) is 0 Å². The van der Waals surface area contributed by atoms with E-state index in [9.17, 15) is 0 Å². The molecular weight excluding hydrogens is 318 g/mol. The molecule has 24 heavy (non-hydrogen) atoms. The molecule has 4 rings (SSSR count). The van der Waals surface area contributed by atoms with Crippen molar-refractivity contribution >= 4 is 28.3 Å². The van der Waals surface area contributed by atoms with Gasteiger partial charge in [-0.2, -0.15) is 5.10 Å². The van der Waals surface area contributed by atoms with E-state index in [-0.39, 0.29) is 0 Å². The van der Waals surface area contributed by atoms with Crippen LogP contribution in [0.4, 0.5) is 0 Å². The minimum Gasteiger partial charge on any atom is -0.496 e. The molecule has 0 unspecified atom stereocenters. The second-order valence-electron chi connectivity index (χ2n) is 5.63. The molecule has 0 atom stereocenters. The van der Waals surface area contributed by atoms with Crippen molar-refractivity contribution in [2.24, 2.45) is 10.1 Å². The Kier molecular flexibility index (Phi) is 3.86. The lowest BCUT2D eigenvalue weighted by atomic mass is 10.1. The van der Waals surface area contributed by atoms with Crippen LogP contribution < -0.4 is 4.74 Å². The number of amidine groups is 1. The summed E-state index contributed by atoms with van der Waals surface area (Å²) in [5.41, 5.74) is 5.37. The fraction of sp³-hybridized carbons (Fsp3) is 0.158. The summed E-state index contributed by atoms with van der Waals surface area (Å²) in [4.78, 5) is 4.68. The van der Waals surface area contributed by atoms with E-state index in [0.717, 1.165) is 39.0 Å². The van der Waals surface area contributed by atoms with E-state index < -0.39 is 0 Å². The van der Waals surface area contributed by atoms with Crippen LogP contribution >= 0.6 is 11.8 Å². The molecule has 0 saturated heterocycles. The molecule has 4 nitrogen and oxygen atoms in total. The Morgan fingerprint density at radius 1 is 1.08 bits per heavy atom. The van der Waals surface area contributed by atoms with Crippen molar-refractivity contribution in [2.45, 2.75) is 6.92 Å². The van der Waals surface area contributed by atoms with Gasteiger partial charge in [-0.15, -0.1) is 0 Å². The van der Waals surface area contributed by atoms with Crippen molar-refractivity contribution in [1.82, 2.24) is 5.01 Å². The topological polar surface area (TPSA) is 37.2 Å². The molecule has 5 heteroatoms. The largest absolute Gasteiger partial charge is 0.496 e. The second kappa shape index (κ2) is 6.17. The summed E-state index contributed by atoms with van der Waals surface area (Å²) in [5.74, 6) is 0.894. The highest BCUT2D eigenvalue weighted by atomic mass is 32.2. The van der Waals surface area contributed by atoms with E-state index in [1.807, 2.05) is 29.3 Å². The van der Waals surface area contributed by atoms with E-state index in [4.69, 9.17) is 9.84 Å². The summed E-state index contributed by atoms with van der Waals surface area (Å²) in [6.07, 6.45) is 0. The summed E-state index contributed by atoms with van der Waals surface area (Å²) in [5, 5.41) is 9.82. The zero-order valence-corrected chi connectivity index (χ0v) is 14.4. The number of aryl methyl sites for hydroxylation is 1. The Morgan fingerprint density at radius 3 is 2.67 bits per heavy atom. The van der Waals surface area contributed by atoms with Crippen molar-refractivity contribution in [2.75, 3.05) is 13.7 Å². The average Bonchev–Trinajstić information content (AvgIpc) is 3.05. The summed E-state index contributed by atoms with van der Waals surface area (Å²) in [6.45, 7) is 2.67. The molecule has 0 fully saturated rings. The number of nitrogens with zero attached hydrogens (tertiary/aromatic N) is 3. The molecule has 2 aliphatic rings. The first-order valence-corrected chi connectivity index (χ1v) is 8.63. The maximum atomic E-state index is 5.35. The molecule has 0 saturated carbocycles. The fourth-order valence-corrected chi connectivity index (χ4v) is 3.65. The van der Waals surface area contributed by atoms with Crippen molar-refractivity contribution in [1.29, 1.82) is 0 Å². The third-order valence-corrected chi connectivity index (χ3v) is 4.92. The molecule has 120 valence electrons. The maximum Gasteiger partial charge on any atom is 0.189 e. The van der Waals surface area contributed by atoms with Crippen LogP contribution in [0, 0.1) is 6.92 Å². The van der Waals surface area contributed by atoms with Crippen LogP contribution in [-0.4, -0.2) is 29.5 Å². The Labute approximate surface area is 145 Å². The maximum absolute atomic E-state index is 5.35. The third kappa shape index (κ3) is 2.61. The number of benzene rings is 2. The Bertz CT molecular complexity index is 871. The van der Waals surface area contributed by atoms with Gasteiger partial charge < -0.3 is 4.74 Å². The van der Waals surface area contributed by atoms with Gasteiger partial charge in [0.25, 0.3) is 0 Å². The Balaban J connectivity index is 1.69. The Morgan fingerprint density at radius 2 is 1.92 bits per heavy atom. The number of aliphatic imine (C=N–C) groups is 1. The van der Waals surface area contributed by atoms with Gasteiger partial charge >= 0.3 is 0 Å². The summed E-state index contributed by atoms with van der Waals surface area (Å²) in [7, 11) is 1.69. The third-order valence-electron chi connectivity index (χ3n) is 4.07. The highest BCUT2D eigenvalue weighted by Crippen LogP contribution is 2.36. The molecule has 0 N–H and O–H groups in total. The van der Waals surface area contributed by atoms with Crippen LogP contribution in [-0.2, 0) is 0 Å². The molecule has 0 amide bonds. The van der Waals surface area contributed by atoms with Gasteiger partial charge in [0.2, 0.25) is 0 Å². The number of hydrogen-bond acceptors (Lipinski definition) is 5. The molecular formula is C19H17N3OS. The molecule has 0 bridgehead atoms. The molecule has 0 aliphatic carbocycles. The molecule has 2 aromatic rings. The van der Waals surface area contributed by atoms with Crippen LogP contribution in [0.15, 0.2) is 64.0 Å². The number of ether oxygens (including phenoxy) is 1. The van der Waals surface area contributed by atoms with E-state index in [2.05, 4.69) is 41.6 Å². The number of fused-ring (bicyclic) bond motifs is 1. The summed E-state index contributed by atoms with van der Waals surface area (Å²) >= 11 is 1.62. The molecule has 0 radical (unpaired) electrons. The lowest BCUT2D eigenvalue weighted by Gasteiger charge is -2.22. The van der Waals surface area contributed by atoms with E-state index in [1.165, 1.54) is 0 Å². The first-order valence-electron chi connectivity index (χ1n) is 7.75. The van der Waals surface area contributed by atoms with Gasteiger partial charge in [0, 0.05) is 11.0 Å². The van der Waals surface area contributed by atoms with E-state index in [0.29, 0.717) is 6.54 Å². The van der Waals surface area contributed by atoms with Crippen molar-refractivity contribution in [3.8, 4) is 5.75 Å². The van der Waals surface area contributed by atoms with E-state index in [1.54, 1.807) is 18.9 Å². The minimum absolute atomic E-state index is 0.617. The lowest BCUT2D eigenvalue weighted by molar-refractivity contribution is 0.411. The first kappa shape index (κ1) is 15.0. The summed E-state index contributed by atoms with van der Waals surface area (Å²) < 4.78 is 5.35. The smallest absolute Gasteiger partial charge is 0.189 e. The molecule has 0 spiro atoms. The van der Waals surface area contributed by atoms with Crippen LogP contribution in [0.2, 0.25) is 0 Å². The van der Waals surface area contributed by atoms with Crippen molar-refractivity contribution in [3.63, 3.8) is 0 Å². The SMILES string of the molecule is COc1ccc(C2=CSC3=NCC(c4ccccc4)=NN23)cc1C. The molecule has 2 aliphatic heterocycles. The highest BCUT2D eigenvalue weighted by Gasteiger charge is 2.27. The van der Waals surface area contributed by atoms with Crippen LogP contribution in [0.1, 0.15) is 16.7 Å². The zero-order valence-electron chi connectivity index (χ0n) is 13.6. The number of hydrazone groups is 1. The van der Waals surface area contributed by atoms with Crippen molar-refractivity contribution < 1.29 is 4.74 Å². The number of hydrogen-bond donors (Lipinski definition) is 0. The van der Waals surface area contributed by atoms with Crippen LogP contribution in [0.5, 0.6) is 5.75 Å². The molecule has 0 aromatic heterocycles. The number of methoxy groups -OCH3 is 1. The normalized spacial score (nSPS) is 16.2. The molecule has 2 heterocycles. The van der Waals surface area contributed by atoms with Gasteiger partial charge in [0.1, 0.15) is 5.75 Å². The number of rotatable bonds is 3. The average molecular weight is 335 g/mol. The first-order chi connectivity index (χ1) is 11.8. The van der Waals surface area contributed by atoms with Gasteiger partial charge in [0.05, 0.1) is 25.1 Å². The van der Waals surface area contributed by atoms with Crippen molar-refractivity contribution in [3.05, 3.63) is 70.6 Å². The van der Waals surface area contributed by atoms with Gasteiger partial charge in [-0.3, -0.25) is 4.99 Å². The quantitative estimate of drug-likeness (QED) is 0.846. The fourth-order valence-electron chi connectivity index (χ4n) is 2.81. The van der Waals surface area contributed by atoms with E-state index >= 15 is 0 Å². The standard InChI is InChI=1S/C19H17N3OS/c1-13-10-15(8-9-18(13)23-2)17-12-24-19-20-11-16(21-22(17)19)14-6-4-3-5-7-14/h3-10,12H,11H2,1-2H3. The van der Waals surface area contributed by atoms with Gasteiger partial charge in [0.15, 0.2) is 5.17 Å². The monoisotopic (exact) mass is 335 g/mol. The minimum atomic E-state index is 0.617. The molecule has 2 aromatic carbocycles. The second-order valence-corrected chi connectivity index (χ2v) is 6.47. The predicted molar refractivity (Wildman–Crippen MR) is 100 cm³/mol. The summed E-state index contributed by atoms with van der Waals surface area (Å²) in [6, 6.07) is 16.4. The predicted octanol–water partition coefficient (Wildman–Crippen LogP) is 4.12. The van der Waals surface area contributed by atoms with Gasteiger partial charge in [-0.1, -0.05) is 42.1 Å². The van der Waals surface area contributed by atoms with Crippen LogP contribution in [0.25, 0.3) is 5.70 Å². The zero-order chi connectivity index (χ0) is 16.5. The highest BCUT2D eigenvalue weighted by molar-refractivity contribution is 8.16. The lowest BCUT2D eigenvalue weighted by Crippen LogP contribution is -2.26. The Hall–Kier alpha value is -2.53. The number of thioether (sulfide) groups is 1. The van der Waals surface area contributed by atoms with Gasteiger partial charge in [-0.25, -0.2) is 5.01 Å².